The number of unbranched alkanes of at least 4 members (excludes halogenated alkanes) is 1. The molecule has 9 nitrogen and oxygen atoms in total. The van der Waals surface area contributed by atoms with Gasteiger partial charge in [-0.25, -0.2) is 12.8 Å². The summed E-state index contributed by atoms with van der Waals surface area (Å²) >= 11 is 0. The molecule has 42 heavy (non-hydrogen) atoms. The molecule has 0 saturated heterocycles. The number of amides is 2. The molecule has 3 rings (SSSR count). The number of methoxy groups -OCH3 is 2. The van der Waals surface area contributed by atoms with Crippen molar-refractivity contribution in [3.63, 3.8) is 0 Å². The second-order valence-corrected chi connectivity index (χ2v) is 11.4. The summed E-state index contributed by atoms with van der Waals surface area (Å²) in [5, 5.41) is 2.88. The molecule has 226 valence electrons. The van der Waals surface area contributed by atoms with E-state index in [9.17, 15) is 22.4 Å². The lowest BCUT2D eigenvalue weighted by atomic mass is 10.1. The number of halogens is 1. The van der Waals surface area contributed by atoms with E-state index < -0.39 is 34.3 Å². The van der Waals surface area contributed by atoms with Crippen LogP contribution in [0.3, 0.4) is 0 Å². The lowest BCUT2D eigenvalue weighted by molar-refractivity contribution is -0.140. The number of benzene rings is 3. The van der Waals surface area contributed by atoms with E-state index in [4.69, 9.17) is 9.47 Å². The summed E-state index contributed by atoms with van der Waals surface area (Å²) < 4.78 is 53.3. The first-order valence-corrected chi connectivity index (χ1v) is 15.2. The van der Waals surface area contributed by atoms with Gasteiger partial charge in [-0.3, -0.25) is 13.9 Å². The fraction of sp³-hybridized carbons (Fsp3) is 0.355. The van der Waals surface area contributed by atoms with Gasteiger partial charge in [-0.2, -0.15) is 0 Å². The van der Waals surface area contributed by atoms with Crippen LogP contribution in [-0.2, 0) is 26.2 Å². The fourth-order valence-electron chi connectivity index (χ4n) is 4.44. The van der Waals surface area contributed by atoms with Crippen molar-refractivity contribution in [3.05, 3.63) is 84.2 Å². The maximum atomic E-state index is 14.1. The number of carbonyl (C=O) groups excluding carboxylic acids is 2. The zero-order valence-corrected chi connectivity index (χ0v) is 25.2. The van der Waals surface area contributed by atoms with Crippen LogP contribution in [0.4, 0.5) is 10.1 Å². The van der Waals surface area contributed by atoms with Crippen LogP contribution in [0, 0.1) is 5.82 Å². The number of carbonyl (C=O) groups is 2. The Labute approximate surface area is 247 Å². The number of sulfonamides is 1. The zero-order valence-electron chi connectivity index (χ0n) is 24.4. The van der Waals surface area contributed by atoms with Crippen LogP contribution in [0.1, 0.15) is 38.7 Å². The first-order chi connectivity index (χ1) is 20.2. The van der Waals surface area contributed by atoms with E-state index in [1.54, 1.807) is 37.3 Å². The molecule has 0 aliphatic carbocycles. The van der Waals surface area contributed by atoms with Crippen LogP contribution in [0.2, 0.25) is 0 Å². The van der Waals surface area contributed by atoms with Gasteiger partial charge in [0.15, 0.2) is 11.5 Å². The maximum Gasteiger partial charge on any atom is 0.264 e. The normalized spacial score (nSPS) is 11.8. The maximum absolute atomic E-state index is 14.1. The van der Waals surface area contributed by atoms with Crippen LogP contribution >= 0.6 is 0 Å². The smallest absolute Gasteiger partial charge is 0.264 e. The van der Waals surface area contributed by atoms with Gasteiger partial charge in [0.05, 0.1) is 24.8 Å². The van der Waals surface area contributed by atoms with Crippen molar-refractivity contribution in [2.75, 3.05) is 31.6 Å². The van der Waals surface area contributed by atoms with Crippen molar-refractivity contribution in [2.45, 2.75) is 50.6 Å². The molecule has 0 bridgehead atoms. The van der Waals surface area contributed by atoms with Crippen molar-refractivity contribution >= 4 is 27.5 Å². The van der Waals surface area contributed by atoms with Crippen LogP contribution < -0.4 is 19.1 Å². The van der Waals surface area contributed by atoms with Crippen molar-refractivity contribution in [3.8, 4) is 11.5 Å². The highest BCUT2D eigenvalue weighted by Gasteiger charge is 2.34. The highest BCUT2D eigenvalue weighted by Crippen LogP contribution is 2.32. The van der Waals surface area contributed by atoms with Gasteiger partial charge in [-0.05, 0) is 54.8 Å². The third-order valence-corrected chi connectivity index (χ3v) is 8.52. The van der Waals surface area contributed by atoms with Gasteiger partial charge in [0, 0.05) is 19.2 Å². The molecule has 1 N–H and O–H groups in total. The fourth-order valence-corrected chi connectivity index (χ4v) is 5.87. The summed E-state index contributed by atoms with van der Waals surface area (Å²) in [6.45, 7) is 3.64. The Balaban J connectivity index is 2.04. The van der Waals surface area contributed by atoms with E-state index in [-0.39, 0.29) is 28.8 Å². The third kappa shape index (κ3) is 8.00. The minimum atomic E-state index is -4.29. The Bertz CT molecular complexity index is 1430. The van der Waals surface area contributed by atoms with Crippen molar-refractivity contribution in [1.29, 1.82) is 0 Å². The number of nitrogens with zero attached hydrogens (tertiary/aromatic N) is 2. The van der Waals surface area contributed by atoms with E-state index in [1.807, 2.05) is 6.92 Å². The largest absolute Gasteiger partial charge is 0.493 e. The topological polar surface area (TPSA) is 105 Å². The quantitative estimate of drug-likeness (QED) is 0.253. The number of hydrogen-bond acceptors (Lipinski definition) is 6. The monoisotopic (exact) mass is 599 g/mol. The predicted octanol–water partition coefficient (Wildman–Crippen LogP) is 4.76. The van der Waals surface area contributed by atoms with E-state index in [0.717, 1.165) is 17.1 Å². The molecule has 3 aromatic rings. The molecule has 2 amide bonds. The number of rotatable bonds is 15. The van der Waals surface area contributed by atoms with Crippen LogP contribution in [-0.4, -0.2) is 58.5 Å². The average Bonchev–Trinajstić information content (AvgIpc) is 3.00. The second kappa shape index (κ2) is 15.2. The molecule has 0 radical (unpaired) electrons. The standard InChI is InChI=1S/C31H38FN3O6S/c1-5-7-19-33-31(37)27(6-2)34(21-23-13-15-24(32)16-14-23)30(36)22-35(25-11-9-8-10-12-25)42(38,39)26-17-18-28(40-3)29(20-26)41-4/h8-18,20,27H,5-7,19,21-22H2,1-4H3,(H,33,37)/t27-/m1/s1. The van der Waals surface area contributed by atoms with E-state index in [2.05, 4.69) is 5.32 Å². The van der Waals surface area contributed by atoms with Gasteiger partial charge in [0.2, 0.25) is 11.8 Å². The van der Waals surface area contributed by atoms with Gasteiger partial charge in [0.25, 0.3) is 10.0 Å². The van der Waals surface area contributed by atoms with Gasteiger partial charge in [0.1, 0.15) is 18.4 Å². The average molecular weight is 600 g/mol. The summed E-state index contributed by atoms with van der Waals surface area (Å²) in [6, 6.07) is 17.2. The summed E-state index contributed by atoms with van der Waals surface area (Å²) in [7, 11) is -1.45. The Morgan fingerprint density at radius 3 is 2.19 bits per heavy atom. The molecule has 0 aliphatic heterocycles. The molecule has 0 saturated carbocycles. The van der Waals surface area contributed by atoms with Gasteiger partial charge >= 0.3 is 0 Å². The van der Waals surface area contributed by atoms with E-state index >= 15 is 0 Å². The van der Waals surface area contributed by atoms with Crippen molar-refractivity contribution in [2.24, 2.45) is 0 Å². The highest BCUT2D eigenvalue weighted by atomic mass is 32.2. The number of anilines is 1. The first-order valence-electron chi connectivity index (χ1n) is 13.8. The lowest BCUT2D eigenvalue weighted by Gasteiger charge is -2.33. The van der Waals surface area contributed by atoms with E-state index in [0.29, 0.717) is 24.3 Å². The van der Waals surface area contributed by atoms with Crippen molar-refractivity contribution in [1.82, 2.24) is 10.2 Å². The molecule has 0 heterocycles. The summed E-state index contributed by atoms with van der Waals surface area (Å²) in [6.07, 6.45) is 1.95. The molecule has 0 unspecified atom stereocenters. The van der Waals surface area contributed by atoms with Gasteiger partial charge in [-0.15, -0.1) is 0 Å². The third-order valence-electron chi connectivity index (χ3n) is 6.75. The Morgan fingerprint density at radius 2 is 1.60 bits per heavy atom. The Kier molecular flexibility index (Phi) is 11.7. The lowest BCUT2D eigenvalue weighted by Crippen LogP contribution is -2.52. The number of para-hydroxylation sites is 1. The molecule has 11 heteroatoms. The minimum absolute atomic E-state index is 0.0160. The molecule has 0 spiro atoms. The Morgan fingerprint density at radius 1 is 0.929 bits per heavy atom. The van der Waals surface area contributed by atoms with Crippen LogP contribution in [0.25, 0.3) is 0 Å². The molecular formula is C31H38FN3O6S. The highest BCUT2D eigenvalue weighted by molar-refractivity contribution is 7.92. The first kappa shape index (κ1) is 32.4. The predicted molar refractivity (Wildman–Crippen MR) is 159 cm³/mol. The molecule has 0 aliphatic rings. The molecule has 0 aromatic heterocycles. The zero-order chi connectivity index (χ0) is 30.7. The minimum Gasteiger partial charge on any atom is -0.493 e. The van der Waals surface area contributed by atoms with Crippen LogP contribution in [0.5, 0.6) is 11.5 Å². The van der Waals surface area contributed by atoms with Crippen molar-refractivity contribution < 1.29 is 31.9 Å². The molecule has 1 atom stereocenters. The summed E-state index contributed by atoms with van der Waals surface area (Å²) in [4.78, 5) is 28.5. The molecule has 3 aromatic carbocycles. The Hall–Kier alpha value is -4.12. The molecule has 0 fully saturated rings. The second-order valence-electron chi connectivity index (χ2n) is 9.58. The SMILES string of the molecule is CCCCNC(=O)[C@@H](CC)N(Cc1ccc(F)cc1)C(=O)CN(c1ccccc1)S(=O)(=O)c1ccc(OC)c(OC)c1. The summed E-state index contributed by atoms with van der Waals surface area (Å²) in [5.74, 6) is -0.799. The molecular weight excluding hydrogens is 561 g/mol. The number of ether oxygens (including phenoxy) is 2. The van der Waals surface area contributed by atoms with E-state index in [1.165, 1.54) is 61.6 Å². The van der Waals surface area contributed by atoms with Gasteiger partial charge < -0.3 is 19.7 Å². The van der Waals surface area contributed by atoms with Gasteiger partial charge in [-0.1, -0.05) is 50.6 Å². The number of nitrogens with one attached hydrogen (secondary N) is 1. The number of hydrogen-bond donors (Lipinski definition) is 1. The van der Waals surface area contributed by atoms with Crippen LogP contribution in [0.15, 0.2) is 77.7 Å². The summed E-state index contributed by atoms with van der Waals surface area (Å²) in [5.41, 5.74) is 0.862.